The number of benzene rings is 1. The number of fused-ring (bicyclic) bond motifs is 1. The van der Waals surface area contributed by atoms with Gasteiger partial charge in [-0.05, 0) is 31.0 Å². The lowest BCUT2D eigenvalue weighted by atomic mass is 9.96. The fourth-order valence-electron chi connectivity index (χ4n) is 2.97. The smallest absolute Gasteiger partial charge is 0.168 e. The first-order valence-corrected chi connectivity index (χ1v) is 6.45. The van der Waals surface area contributed by atoms with Gasteiger partial charge in [-0.25, -0.2) is 4.39 Å². The molecule has 0 aliphatic heterocycles. The van der Waals surface area contributed by atoms with Crippen LogP contribution >= 0.6 is 0 Å². The van der Waals surface area contributed by atoms with Gasteiger partial charge in [0, 0.05) is 35.6 Å². The van der Waals surface area contributed by atoms with Crippen LogP contribution < -0.4 is 0 Å². The van der Waals surface area contributed by atoms with Crippen molar-refractivity contribution in [3.8, 4) is 0 Å². The van der Waals surface area contributed by atoms with Crippen molar-refractivity contribution in [2.75, 3.05) is 0 Å². The van der Waals surface area contributed by atoms with Crippen LogP contribution in [0.25, 0.3) is 10.9 Å². The maximum Gasteiger partial charge on any atom is 0.168 e. The van der Waals surface area contributed by atoms with Gasteiger partial charge in [0.15, 0.2) is 5.78 Å². The Morgan fingerprint density at radius 2 is 2.06 bits per heavy atom. The van der Waals surface area contributed by atoms with Crippen molar-refractivity contribution in [3.05, 3.63) is 35.8 Å². The van der Waals surface area contributed by atoms with E-state index < -0.39 is 0 Å². The Morgan fingerprint density at radius 3 is 2.78 bits per heavy atom. The monoisotopic (exact) mass is 245 g/mol. The number of halogens is 1. The van der Waals surface area contributed by atoms with Gasteiger partial charge in [0.05, 0.1) is 0 Å². The third-order valence-corrected chi connectivity index (χ3v) is 3.94. The first-order chi connectivity index (χ1) is 8.66. The summed E-state index contributed by atoms with van der Waals surface area (Å²) < 4.78 is 15.2. The molecule has 94 valence electrons. The predicted molar refractivity (Wildman–Crippen MR) is 69.2 cm³/mol. The molecule has 1 aromatic heterocycles. The number of rotatable bonds is 2. The van der Waals surface area contributed by atoms with E-state index in [4.69, 9.17) is 0 Å². The Balaban J connectivity index is 2.10. The van der Waals surface area contributed by atoms with Crippen LogP contribution in [0.4, 0.5) is 4.39 Å². The van der Waals surface area contributed by atoms with Gasteiger partial charge < -0.3 is 4.57 Å². The molecule has 3 heteroatoms. The third-order valence-electron chi connectivity index (χ3n) is 3.94. The number of nitrogens with zero attached hydrogens (tertiary/aromatic N) is 1. The lowest BCUT2D eigenvalue weighted by molar-refractivity contribution is 0.0924. The molecule has 3 rings (SSSR count). The second kappa shape index (κ2) is 4.23. The summed E-state index contributed by atoms with van der Waals surface area (Å²) >= 11 is 0. The number of hydrogen-bond acceptors (Lipinski definition) is 1. The molecule has 0 N–H and O–H groups in total. The van der Waals surface area contributed by atoms with Crippen LogP contribution in [0.15, 0.2) is 24.4 Å². The van der Waals surface area contributed by atoms with E-state index in [1.54, 1.807) is 6.07 Å². The molecule has 1 fully saturated rings. The highest BCUT2D eigenvalue weighted by Crippen LogP contribution is 2.31. The summed E-state index contributed by atoms with van der Waals surface area (Å²) in [5, 5.41) is 0.745. The van der Waals surface area contributed by atoms with Crippen LogP contribution in [-0.4, -0.2) is 10.4 Å². The summed E-state index contributed by atoms with van der Waals surface area (Å²) in [6.07, 6.45) is 6.06. The number of carbonyl (C=O) groups excluding carboxylic acids is 1. The van der Waals surface area contributed by atoms with Gasteiger partial charge in [-0.2, -0.15) is 0 Å². The number of ketones is 1. The highest BCUT2D eigenvalue weighted by atomic mass is 19.1. The Kier molecular flexibility index (Phi) is 2.69. The van der Waals surface area contributed by atoms with Crippen molar-refractivity contribution in [1.29, 1.82) is 0 Å². The molecule has 1 heterocycles. The van der Waals surface area contributed by atoms with Crippen LogP contribution in [0.1, 0.15) is 36.0 Å². The van der Waals surface area contributed by atoms with Gasteiger partial charge in [-0.3, -0.25) is 4.79 Å². The van der Waals surface area contributed by atoms with Crippen molar-refractivity contribution >= 4 is 16.7 Å². The van der Waals surface area contributed by atoms with Gasteiger partial charge in [-0.15, -0.1) is 0 Å². The van der Waals surface area contributed by atoms with Crippen LogP contribution in [0.2, 0.25) is 0 Å². The summed E-state index contributed by atoms with van der Waals surface area (Å²) in [5.41, 5.74) is 1.59. The molecular formula is C15H16FNO. The number of Topliss-reactive ketones (excluding diaryl/α,β-unsaturated/α-hetero) is 1. The second-order valence-electron chi connectivity index (χ2n) is 5.16. The normalized spacial score (nSPS) is 16.6. The van der Waals surface area contributed by atoms with E-state index >= 15 is 0 Å². The number of carbonyl (C=O) groups is 1. The van der Waals surface area contributed by atoms with Gasteiger partial charge in [0.2, 0.25) is 0 Å². The van der Waals surface area contributed by atoms with Crippen LogP contribution in [0.5, 0.6) is 0 Å². The number of aryl methyl sites for hydroxylation is 1. The summed E-state index contributed by atoms with van der Waals surface area (Å²) in [4.78, 5) is 12.4. The summed E-state index contributed by atoms with van der Waals surface area (Å²) in [6, 6.07) is 4.64. The average molecular weight is 245 g/mol. The molecule has 2 aromatic rings. The van der Waals surface area contributed by atoms with Crippen molar-refractivity contribution in [2.45, 2.75) is 25.7 Å². The minimum atomic E-state index is -0.283. The van der Waals surface area contributed by atoms with E-state index in [0.29, 0.717) is 5.56 Å². The Morgan fingerprint density at radius 1 is 1.33 bits per heavy atom. The molecule has 1 aromatic carbocycles. The number of hydrogen-bond donors (Lipinski definition) is 0. The average Bonchev–Trinajstić information content (AvgIpc) is 2.97. The van der Waals surface area contributed by atoms with Crippen molar-refractivity contribution in [3.63, 3.8) is 0 Å². The van der Waals surface area contributed by atoms with Crippen molar-refractivity contribution in [2.24, 2.45) is 13.0 Å². The predicted octanol–water partition coefficient (Wildman–Crippen LogP) is 3.69. The fourth-order valence-corrected chi connectivity index (χ4v) is 2.97. The molecule has 18 heavy (non-hydrogen) atoms. The molecule has 1 aliphatic rings. The van der Waals surface area contributed by atoms with E-state index in [-0.39, 0.29) is 17.5 Å². The second-order valence-corrected chi connectivity index (χ2v) is 5.16. The molecule has 0 saturated heterocycles. The first kappa shape index (κ1) is 11.5. The SMILES string of the molecule is Cn1cc(C(=O)C2CCCC2)c2cc(F)ccc21. The Bertz CT molecular complexity index is 608. The van der Waals surface area contributed by atoms with Gasteiger partial charge in [0.25, 0.3) is 0 Å². The first-order valence-electron chi connectivity index (χ1n) is 6.45. The maximum atomic E-state index is 13.3. The lowest BCUT2D eigenvalue weighted by Crippen LogP contribution is -2.10. The van der Waals surface area contributed by atoms with Crippen molar-refractivity contribution in [1.82, 2.24) is 4.57 Å². The zero-order chi connectivity index (χ0) is 12.7. The molecule has 0 atom stereocenters. The molecule has 0 spiro atoms. The Labute approximate surface area is 105 Å². The zero-order valence-corrected chi connectivity index (χ0v) is 10.4. The summed E-state index contributed by atoms with van der Waals surface area (Å²) in [7, 11) is 1.89. The molecule has 1 aliphatic carbocycles. The highest BCUT2D eigenvalue weighted by Gasteiger charge is 2.26. The molecule has 0 unspecified atom stereocenters. The van der Waals surface area contributed by atoms with E-state index in [1.807, 2.05) is 17.8 Å². The fraction of sp³-hybridized carbons (Fsp3) is 0.400. The maximum absolute atomic E-state index is 13.3. The third kappa shape index (κ3) is 1.74. The Hall–Kier alpha value is -1.64. The molecule has 0 amide bonds. The summed E-state index contributed by atoms with van der Waals surface area (Å²) in [5.74, 6) is 0.0386. The highest BCUT2D eigenvalue weighted by molar-refractivity contribution is 6.09. The zero-order valence-electron chi connectivity index (χ0n) is 10.4. The largest absolute Gasteiger partial charge is 0.350 e. The van der Waals surface area contributed by atoms with Crippen LogP contribution in [-0.2, 0) is 7.05 Å². The molecular weight excluding hydrogens is 229 g/mol. The summed E-state index contributed by atoms with van der Waals surface area (Å²) in [6.45, 7) is 0. The molecule has 2 nitrogen and oxygen atoms in total. The van der Waals surface area contributed by atoms with Gasteiger partial charge in [0.1, 0.15) is 5.82 Å². The topological polar surface area (TPSA) is 22.0 Å². The van der Waals surface area contributed by atoms with Crippen LogP contribution in [0, 0.1) is 11.7 Å². The van der Waals surface area contributed by atoms with E-state index in [2.05, 4.69) is 0 Å². The van der Waals surface area contributed by atoms with Gasteiger partial charge >= 0.3 is 0 Å². The molecule has 1 saturated carbocycles. The van der Waals surface area contributed by atoms with Crippen LogP contribution in [0.3, 0.4) is 0 Å². The van der Waals surface area contributed by atoms with E-state index in [9.17, 15) is 9.18 Å². The quantitative estimate of drug-likeness (QED) is 0.739. The minimum absolute atomic E-state index is 0.138. The minimum Gasteiger partial charge on any atom is -0.350 e. The van der Waals surface area contributed by atoms with E-state index in [0.717, 1.165) is 36.6 Å². The number of aromatic nitrogens is 1. The standard InChI is InChI=1S/C15H16FNO/c1-17-9-13(15(18)10-4-2-3-5-10)12-8-11(16)6-7-14(12)17/h6-10H,2-5H2,1H3. The van der Waals surface area contributed by atoms with Gasteiger partial charge in [-0.1, -0.05) is 12.8 Å². The lowest BCUT2D eigenvalue weighted by Gasteiger charge is -2.06. The van der Waals surface area contributed by atoms with Crippen molar-refractivity contribution < 1.29 is 9.18 Å². The molecule has 0 bridgehead atoms. The molecule has 0 radical (unpaired) electrons. The van der Waals surface area contributed by atoms with E-state index in [1.165, 1.54) is 12.1 Å².